The molecule has 1 heterocycles. The van der Waals surface area contributed by atoms with E-state index in [4.69, 9.17) is 4.74 Å². The van der Waals surface area contributed by atoms with Crippen molar-refractivity contribution in [1.82, 2.24) is 10.0 Å². The number of ether oxygens (including phenoxy) is 1. The molecular weight excluding hydrogens is 284 g/mol. The van der Waals surface area contributed by atoms with Crippen LogP contribution in [0.15, 0.2) is 10.3 Å². The molecule has 19 heavy (non-hydrogen) atoms. The Bertz CT molecular complexity index is 495. The molecule has 0 spiro atoms. The molecule has 0 saturated carbocycles. The lowest BCUT2D eigenvalue weighted by Gasteiger charge is -2.08. The van der Waals surface area contributed by atoms with Crippen LogP contribution in [0.3, 0.4) is 0 Å². The summed E-state index contributed by atoms with van der Waals surface area (Å²) in [5.74, 6) is 0. The molecule has 0 fully saturated rings. The smallest absolute Gasteiger partial charge is 0.250 e. The van der Waals surface area contributed by atoms with E-state index in [1.807, 2.05) is 27.8 Å². The van der Waals surface area contributed by atoms with Crippen LogP contribution in [0.5, 0.6) is 0 Å². The first-order valence-corrected chi connectivity index (χ1v) is 8.52. The normalized spacial score (nSPS) is 12.3. The minimum atomic E-state index is -3.42. The van der Waals surface area contributed by atoms with E-state index in [1.165, 1.54) is 11.3 Å². The minimum absolute atomic E-state index is 0.107. The molecule has 1 rings (SSSR count). The van der Waals surface area contributed by atoms with Gasteiger partial charge in [0.25, 0.3) is 0 Å². The predicted octanol–water partition coefficient (Wildman–Crippen LogP) is 1.48. The lowest BCUT2D eigenvalue weighted by atomic mass is 10.3. The average Bonchev–Trinajstić information content (AvgIpc) is 2.68. The van der Waals surface area contributed by atoms with Crippen LogP contribution in [-0.2, 0) is 21.3 Å². The summed E-state index contributed by atoms with van der Waals surface area (Å²) >= 11 is 1.30. The van der Waals surface area contributed by atoms with E-state index in [9.17, 15) is 8.42 Å². The molecule has 110 valence electrons. The first kappa shape index (κ1) is 16.6. The van der Waals surface area contributed by atoms with Gasteiger partial charge in [0, 0.05) is 18.0 Å². The molecule has 0 atom stereocenters. The molecule has 0 aliphatic rings. The van der Waals surface area contributed by atoms with E-state index in [0.29, 0.717) is 23.9 Å². The molecule has 7 heteroatoms. The fourth-order valence-corrected chi connectivity index (χ4v) is 4.16. The summed E-state index contributed by atoms with van der Waals surface area (Å²) in [7, 11) is -1.58. The van der Waals surface area contributed by atoms with Gasteiger partial charge >= 0.3 is 0 Å². The largest absolute Gasteiger partial charge is 0.377 e. The summed E-state index contributed by atoms with van der Waals surface area (Å²) in [6, 6.07) is 1.71. The SMILES string of the molecule is CNCc1sc(S(=O)(=O)NCCOC(C)C)cc1C. The van der Waals surface area contributed by atoms with Gasteiger partial charge in [0.1, 0.15) is 4.21 Å². The Morgan fingerprint density at radius 1 is 1.42 bits per heavy atom. The lowest BCUT2D eigenvalue weighted by Crippen LogP contribution is -2.27. The van der Waals surface area contributed by atoms with Crippen LogP contribution in [0.25, 0.3) is 0 Å². The van der Waals surface area contributed by atoms with Gasteiger partial charge in [0.05, 0.1) is 12.7 Å². The Kier molecular flexibility index (Phi) is 6.41. The fourth-order valence-electron chi connectivity index (χ4n) is 1.50. The van der Waals surface area contributed by atoms with Gasteiger partial charge in [-0.25, -0.2) is 13.1 Å². The molecule has 5 nitrogen and oxygen atoms in total. The summed E-state index contributed by atoms with van der Waals surface area (Å²) in [5, 5.41) is 3.03. The molecular formula is C12H22N2O3S2. The second kappa shape index (κ2) is 7.35. The molecule has 1 aromatic heterocycles. The molecule has 1 aromatic rings. The first-order valence-electron chi connectivity index (χ1n) is 6.22. The van der Waals surface area contributed by atoms with E-state index < -0.39 is 10.0 Å². The van der Waals surface area contributed by atoms with Crippen LogP contribution in [0, 0.1) is 6.92 Å². The molecule has 0 aliphatic heterocycles. The van der Waals surface area contributed by atoms with Crippen molar-refractivity contribution in [2.75, 3.05) is 20.2 Å². The maximum Gasteiger partial charge on any atom is 0.250 e. The molecule has 0 amide bonds. The highest BCUT2D eigenvalue weighted by atomic mass is 32.2. The summed E-state index contributed by atoms with van der Waals surface area (Å²) < 4.78 is 32.4. The number of aryl methyl sites for hydroxylation is 1. The molecule has 0 saturated heterocycles. The van der Waals surface area contributed by atoms with Crippen molar-refractivity contribution in [1.29, 1.82) is 0 Å². The molecule has 2 N–H and O–H groups in total. The van der Waals surface area contributed by atoms with Crippen LogP contribution in [0.2, 0.25) is 0 Å². The molecule has 0 aromatic carbocycles. The highest BCUT2D eigenvalue weighted by Gasteiger charge is 2.18. The van der Waals surface area contributed by atoms with E-state index >= 15 is 0 Å². The Balaban J connectivity index is 2.64. The van der Waals surface area contributed by atoms with Crippen molar-refractivity contribution in [3.8, 4) is 0 Å². The number of nitrogens with one attached hydrogen (secondary N) is 2. The quantitative estimate of drug-likeness (QED) is 0.714. The molecule has 0 aliphatic carbocycles. The number of rotatable bonds is 8. The van der Waals surface area contributed by atoms with Crippen LogP contribution in [-0.4, -0.2) is 34.7 Å². The van der Waals surface area contributed by atoms with Crippen LogP contribution in [0.4, 0.5) is 0 Å². The number of sulfonamides is 1. The third kappa shape index (κ3) is 5.19. The number of thiophene rings is 1. The highest BCUT2D eigenvalue weighted by molar-refractivity contribution is 7.91. The van der Waals surface area contributed by atoms with Gasteiger partial charge in [0.15, 0.2) is 0 Å². The zero-order valence-corrected chi connectivity index (χ0v) is 13.5. The van der Waals surface area contributed by atoms with E-state index in [2.05, 4.69) is 10.0 Å². The van der Waals surface area contributed by atoms with E-state index in [1.54, 1.807) is 6.07 Å². The third-order valence-electron chi connectivity index (χ3n) is 2.45. The van der Waals surface area contributed by atoms with Crippen molar-refractivity contribution < 1.29 is 13.2 Å². The Hall–Kier alpha value is -0.470. The Labute approximate surface area is 119 Å². The van der Waals surface area contributed by atoms with Gasteiger partial charge in [-0.3, -0.25) is 0 Å². The van der Waals surface area contributed by atoms with Gasteiger partial charge in [-0.05, 0) is 39.4 Å². The summed E-state index contributed by atoms with van der Waals surface area (Å²) in [4.78, 5) is 1.04. The molecule has 0 bridgehead atoms. The van der Waals surface area contributed by atoms with Gasteiger partial charge in [0.2, 0.25) is 10.0 Å². The Morgan fingerprint density at radius 2 is 2.11 bits per heavy atom. The van der Waals surface area contributed by atoms with Gasteiger partial charge < -0.3 is 10.1 Å². The topological polar surface area (TPSA) is 67.4 Å². The first-order chi connectivity index (χ1) is 8.86. The second-order valence-corrected chi connectivity index (χ2v) is 7.65. The average molecular weight is 306 g/mol. The predicted molar refractivity (Wildman–Crippen MR) is 78.1 cm³/mol. The maximum absolute atomic E-state index is 12.1. The second-order valence-electron chi connectivity index (χ2n) is 4.52. The number of hydrogen-bond acceptors (Lipinski definition) is 5. The zero-order valence-electron chi connectivity index (χ0n) is 11.8. The van der Waals surface area contributed by atoms with Crippen LogP contribution >= 0.6 is 11.3 Å². The van der Waals surface area contributed by atoms with Crippen molar-refractivity contribution >= 4 is 21.4 Å². The zero-order chi connectivity index (χ0) is 14.5. The van der Waals surface area contributed by atoms with Gasteiger partial charge in [-0.2, -0.15) is 0 Å². The maximum atomic E-state index is 12.1. The summed E-state index contributed by atoms with van der Waals surface area (Å²) in [5.41, 5.74) is 0.998. The Morgan fingerprint density at radius 3 is 2.68 bits per heavy atom. The highest BCUT2D eigenvalue weighted by Crippen LogP contribution is 2.25. The summed E-state index contributed by atoms with van der Waals surface area (Å²) in [6.07, 6.45) is 0.107. The van der Waals surface area contributed by atoms with Gasteiger partial charge in [-0.15, -0.1) is 11.3 Å². The summed E-state index contributed by atoms with van der Waals surface area (Å²) in [6.45, 7) is 7.11. The van der Waals surface area contributed by atoms with Crippen LogP contribution in [0.1, 0.15) is 24.3 Å². The van der Waals surface area contributed by atoms with Crippen molar-refractivity contribution in [2.45, 2.75) is 37.6 Å². The lowest BCUT2D eigenvalue weighted by molar-refractivity contribution is 0.0834. The molecule has 0 radical (unpaired) electrons. The minimum Gasteiger partial charge on any atom is -0.377 e. The van der Waals surface area contributed by atoms with E-state index in [0.717, 1.165) is 10.4 Å². The standard InChI is InChI=1S/C12H22N2O3S2/c1-9(2)17-6-5-14-19(15,16)12-7-10(3)11(18-12)8-13-4/h7,9,13-14H,5-6,8H2,1-4H3. The molecule has 0 unspecified atom stereocenters. The third-order valence-corrected chi connectivity index (χ3v) is 5.62. The monoisotopic (exact) mass is 306 g/mol. The van der Waals surface area contributed by atoms with Gasteiger partial charge in [-0.1, -0.05) is 0 Å². The number of hydrogen-bond donors (Lipinski definition) is 2. The van der Waals surface area contributed by atoms with Crippen molar-refractivity contribution in [2.24, 2.45) is 0 Å². The van der Waals surface area contributed by atoms with Crippen molar-refractivity contribution in [3.63, 3.8) is 0 Å². The van der Waals surface area contributed by atoms with Crippen molar-refractivity contribution in [3.05, 3.63) is 16.5 Å². The van der Waals surface area contributed by atoms with Crippen LogP contribution < -0.4 is 10.0 Å². The van der Waals surface area contributed by atoms with E-state index in [-0.39, 0.29) is 6.10 Å². The fraction of sp³-hybridized carbons (Fsp3) is 0.667.